The molecule has 1 aromatic carbocycles. The second-order valence-corrected chi connectivity index (χ2v) is 6.60. The third-order valence-corrected chi connectivity index (χ3v) is 4.65. The van der Waals surface area contributed by atoms with E-state index in [1.54, 1.807) is 0 Å². The van der Waals surface area contributed by atoms with Crippen molar-refractivity contribution in [3.8, 4) is 0 Å². The van der Waals surface area contributed by atoms with Crippen LogP contribution >= 0.6 is 0 Å². The predicted molar refractivity (Wildman–Crippen MR) is 91.8 cm³/mol. The molecule has 1 aliphatic carbocycles. The predicted octanol–water partition coefficient (Wildman–Crippen LogP) is 1.76. The molecule has 0 atom stereocenters. The molecule has 5 nitrogen and oxygen atoms in total. The molecule has 0 heterocycles. The zero-order valence-corrected chi connectivity index (χ0v) is 14.5. The lowest BCUT2D eigenvalue weighted by Crippen LogP contribution is -2.32. The maximum Gasteiger partial charge on any atom is 0.140 e. The van der Waals surface area contributed by atoms with Gasteiger partial charge in [0.2, 0.25) is 0 Å². The highest BCUT2D eigenvalue weighted by molar-refractivity contribution is 6.02. The average Bonchev–Trinajstić information content (AvgIpc) is 2.58. The summed E-state index contributed by atoms with van der Waals surface area (Å²) in [7, 11) is 0. The van der Waals surface area contributed by atoms with Crippen LogP contribution in [0.15, 0.2) is 24.3 Å². The number of hydrogen-bond acceptors (Lipinski definition) is 5. The Balaban J connectivity index is 0.000000277. The smallest absolute Gasteiger partial charge is 0.140 e. The molecule has 1 aliphatic rings. The van der Waals surface area contributed by atoms with Gasteiger partial charge in [-0.1, -0.05) is 36.8 Å². The highest BCUT2D eigenvalue weighted by atomic mass is 16.3. The van der Waals surface area contributed by atoms with Crippen molar-refractivity contribution >= 4 is 11.6 Å². The summed E-state index contributed by atoms with van der Waals surface area (Å²) in [5, 5.41) is 26.0. The maximum atomic E-state index is 11.3. The van der Waals surface area contributed by atoms with Crippen LogP contribution in [0, 0.1) is 12.3 Å². The van der Waals surface area contributed by atoms with Gasteiger partial charge in [0.15, 0.2) is 0 Å². The first-order chi connectivity index (χ1) is 11.4. The van der Waals surface area contributed by atoms with E-state index in [1.807, 2.05) is 38.1 Å². The normalized spacial score (nSPS) is 15.9. The summed E-state index contributed by atoms with van der Waals surface area (Å²) in [6.45, 7) is 3.38. The summed E-state index contributed by atoms with van der Waals surface area (Å²) in [5.41, 5.74) is 1.65. The first-order valence-corrected chi connectivity index (χ1v) is 8.32. The van der Waals surface area contributed by atoms with Crippen LogP contribution in [0.5, 0.6) is 0 Å². The zero-order chi connectivity index (χ0) is 18.2. The van der Waals surface area contributed by atoms with Gasteiger partial charge in [-0.3, -0.25) is 9.59 Å². The molecular formula is C19H28O5. The standard InChI is InChI=1S/C13H14O2.C6H14O3/c1-9-2-4-10(5-3-9)11-6-12(14)8-13(15)7-11;1-2-6(3-7,4-8)5-9/h2-5,11H,6-8H2,1H3;7-9H,2-5H2,1H3. The van der Waals surface area contributed by atoms with Crippen molar-refractivity contribution in [3.05, 3.63) is 35.4 Å². The van der Waals surface area contributed by atoms with E-state index in [0.29, 0.717) is 19.3 Å². The summed E-state index contributed by atoms with van der Waals surface area (Å²) >= 11 is 0. The SMILES string of the molecule is CCC(CO)(CO)CO.Cc1ccc(C2CC(=O)CC(=O)C2)cc1. The highest BCUT2D eigenvalue weighted by Gasteiger charge is 2.26. The lowest BCUT2D eigenvalue weighted by atomic mass is 9.82. The number of carbonyl (C=O) groups is 2. The van der Waals surface area contributed by atoms with Crippen LogP contribution in [-0.4, -0.2) is 46.7 Å². The molecule has 2 rings (SSSR count). The van der Waals surface area contributed by atoms with Gasteiger partial charge in [0.05, 0.1) is 26.2 Å². The van der Waals surface area contributed by atoms with Crippen LogP contribution in [-0.2, 0) is 9.59 Å². The van der Waals surface area contributed by atoms with Crippen LogP contribution < -0.4 is 0 Å². The van der Waals surface area contributed by atoms with Gasteiger partial charge in [-0.2, -0.15) is 0 Å². The van der Waals surface area contributed by atoms with E-state index in [4.69, 9.17) is 15.3 Å². The van der Waals surface area contributed by atoms with Gasteiger partial charge in [-0.05, 0) is 24.8 Å². The van der Waals surface area contributed by atoms with Crippen LogP contribution in [0.4, 0.5) is 0 Å². The molecule has 0 unspecified atom stereocenters. The number of ketones is 2. The Morgan fingerprint density at radius 2 is 1.42 bits per heavy atom. The van der Waals surface area contributed by atoms with Crippen LogP contribution in [0.25, 0.3) is 0 Å². The van der Waals surface area contributed by atoms with Gasteiger partial charge in [0.1, 0.15) is 11.6 Å². The second-order valence-electron chi connectivity index (χ2n) is 6.60. The molecule has 1 saturated carbocycles. The Hall–Kier alpha value is -1.56. The minimum Gasteiger partial charge on any atom is -0.396 e. The molecule has 1 fully saturated rings. The molecule has 5 heteroatoms. The average molecular weight is 336 g/mol. The fourth-order valence-corrected chi connectivity index (χ4v) is 2.55. The van der Waals surface area contributed by atoms with E-state index in [9.17, 15) is 9.59 Å². The summed E-state index contributed by atoms with van der Waals surface area (Å²) in [6, 6.07) is 8.09. The van der Waals surface area contributed by atoms with Gasteiger partial charge < -0.3 is 15.3 Å². The first kappa shape index (κ1) is 20.5. The van der Waals surface area contributed by atoms with E-state index >= 15 is 0 Å². The molecule has 0 spiro atoms. The number of Topliss-reactive ketones (excluding diaryl/α,β-unsaturated/α-hetero) is 2. The lowest BCUT2D eigenvalue weighted by Gasteiger charge is -2.24. The van der Waals surface area contributed by atoms with Crippen molar-refractivity contribution < 1.29 is 24.9 Å². The number of benzene rings is 1. The zero-order valence-electron chi connectivity index (χ0n) is 14.5. The Bertz CT molecular complexity index is 498. The molecule has 0 aliphatic heterocycles. The monoisotopic (exact) mass is 336 g/mol. The molecule has 0 radical (unpaired) electrons. The summed E-state index contributed by atoms with van der Waals surface area (Å²) in [5.74, 6) is 0.271. The molecule has 3 N–H and O–H groups in total. The number of aliphatic hydroxyl groups excluding tert-OH is 3. The summed E-state index contributed by atoms with van der Waals surface area (Å²) in [6.07, 6.45) is 1.78. The molecule has 134 valence electrons. The second kappa shape index (κ2) is 9.67. The Labute approximate surface area is 143 Å². The van der Waals surface area contributed by atoms with Crippen molar-refractivity contribution in [3.63, 3.8) is 0 Å². The Morgan fingerprint density at radius 3 is 1.75 bits per heavy atom. The van der Waals surface area contributed by atoms with E-state index in [1.165, 1.54) is 5.56 Å². The fourth-order valence-electron chi connectivity index (χ4n) is 2.55. The van der Waals surface area contributed by atoms with Crippen molar-refractivity contribution in [1.29, 1.82) is 0 Å². The van der Waals surface area contributed by atoms with E-state index < -0.39 is 5.41 Å². The topological polar surface area (TPSA) is 94.8 Å². The molecule has 24 heavy (non-hydrogen) atoms. The van der Waals surface area contributed by atoms with Gasteiger partial charge in [-0.15, -0.1) is 0 Å². The van der Waals surface area contributed by atoms with Crippen molar-refractivity contribution in [2.75, 3.05) is 19.8 Å². The van der Waals surface area contributed by atoms with Crippen LogP contribution in [0.2, 0.25) is 0 Å². The number of aliphatic hydroxyl groups is 3. The maximum absolute atomic E-state index is 11.3. The Morgan fingerprint density at radius 1 is 0.958 bits per heavy atom. The highest BCUT2D eigenvalue weighted by Crippen LogP contribution is 2.29. The van der Waals surface area contributed by atoms with Gasteiger partial charge in [0, 0.05) is 18.3 Å². The van der Waals surface area contributed by atoms with Crippen molar-refractivity contribution in [2.45, 2.75) is 45.4 Å². The van der Waals surface area contributed by atoms with Crippen LogP contribution in [0.1, 0.15) is 49.7 Å². The van der Waals surface area contributed by atoms with E-state index in [0.717, 1.165) is 5.56 Å². The van der Waals surface area contributed by atoms with Crippen molar-refractivity contribution in [2.24, 2.45) is 5.41 Å². The minimum absolute atomic E-state index is 0.0804. The fraction of sp³-hybridized carbons (Fsp3) is 0.579. The minimum atomic E-state index is -0.667. The third kappa shape index (κ3) is 5.82. The molecule has 1 aromatic rings. The molecular weight excluding hydrogens is 308 g/mol. The molecule has 0 saturated heterocycles. The number of carbonyl (C=O) groups excluding carboxylic acids is 2. The van der Waals surface area contributed by atoms with Gasteiger partial charge in [0.25, 0.3) is 0 Å². The number of aryl methyl sites for hydroxylation is 1. The lowest BCUT2D eigenvalue weighted by molar-refractivity contribution is -0.130. The molecule has 0 amide bonds. The van der Waals surface area contributed by atoms with E-state index in [2.05, 4.69) is 0 Å². The summed E-state index contributed by atoms with van der Waals surface area (Å²) in [4.78, 5) is 22.6. The van der Waals surface area contributed by atoms with Crippen molar-refractivity contribution in [1.82, 2.24) is 0 Å². The molecule has 0 bridgehead atoms. The van der Waals surface area contributed by atoms with E-state index in [-0.39, 0.29) is 43.7 Å². The summed E-state index contributed by atoms with van der Waals surface area (Å²) < 4.78 is 0. The largest absolute Gasteiger partial charge is 0.396 e. The Kier molecular flexibility index (Phi) is 8.25. The number of rotatable bonds is 5. The number of hydrogen-bond donors (Lipinski definition) is 3. The van der Waals surface area contributed by atoms with Gasteiger partial charge >= 0.3 is 0 Å². The third-order valence-electron chi connectivity index (χ3n) is 4.65. The van der Waals surface area contributed by atoms with Gasteiger partial charge in [-0.25, -0.2) is 0 Å². The van der Waals surface area contributed by atoms with Crippen LogP contribution in [0.3, 0.4) is 0 Å². The first-order valence-electron chi connectivity index (χ1n) is 8.32. The quantitative estimate of drug-likeness (QED) is 0.712. The molecule has 0 aromatic heterocycles.